The fraction of sp³-hybridized carbons (Fsp3) is 0.517. The number of aliphatic carboxylic acids is 1. The number of carboxylic acids is 1. The number of rotatable bonds is 10. The molecular weight excluding hydrogens is 454 g/mol. The van der Waals surface area contributed by atoms with Gasteiger partial charge >= 0.3 is 12.0 Å². The second-order valence-corrected chi connectivity index (χ2v) is 10.7. The Kier molecular flexibility index (Phi) is 9.37. The van der Waals surface area contributed by atoms with E-state index < -0.39 is 11.6 Å². The van der Waals surface area contributed by atoms with Crippen LogP contribution in [0.1, 0.15) is 82.8 Å². The molecular formula is C29H41N3O4. The van der Waals surface area contributed by atoms with Crippen LogP contribution in [0, 0.1) is 6.92 Å². The van der Waals surface area contributed by atoms with Gasteiger partial charge in [0.2, 0.25) is 0 Å². The van der Waals surface area contributed by atoms with Crippen LogP contribution in [0.2, 0.25) is 0 Å². The summed E-state index contributed by atoms with van der Waals surface area (Å²) in [6, 6.07) is 13.3. The van der Waals surface area contributed by atoms with E-state index >= 15 is 0 Å². The highest BCUT2D eigenvalue weighted by Gasteiger charge is 2.29. The number of carbonyl (C=O) groups is 2. The Labute approximate surface area is 214 Å². The molecule has 2 aromatic carbocycles. The van der Waals surface area contributed by atoms with Crippen molar-refractivity contribution in [2.24, 2.45) is 0 Å². The van der Waals surface area contributed by atoms with Gasteiger partial charge in [-0.2, -0.15) is 0 Å². The summed E-state index contributed by atoms with van der Waals surface area (Å²) in [6.45, 7) is 7.99. The van der Waals surface area contributed by atoms with Gasteiger partial charge in [0.05, 0.1) is 23.4 Å². The van der Waals surface area contributed by atoms with Crippen molar-refractivity contribution in [2.45, 2.75) is 90.2 Å². The van der Waals surface area contributed by atoms with Gasteiger partial charge in [0.1, 0.15) is 0 Å². The predicted octanol–water partition coefficient (Wildman–Crippen LogP) is 6.52. The molecule has 4 N–H and O–H groups in total. The maximum Gasteiger partial charge on any atom is 0.323 e. The van der Waals surface area contributed by atoms with Gasteiger partial charge in [0.25, 0.3) is 0 Å². The van der Waals surface area contributed by atoms with Crippen LogP contribution in [0.3, 0.4) is 0 Å². The van der Waals surface area contributed by atoms with Crippen LogP contribution in [0.4, 0.5) is 21.9 Å². The van der Waals surface area contributed by atoms with E-state index in [9.17, 15) is 19.8 Å². The first-order chi connectivity index (χ1) is 17.1. The molecule has 1 fully saturated rings. The standard InChI is InChI=1S/C29H41N3O4/c1-5-21(18-27(33)34)22-13-16-26(32(19-29(3,4)36)24-9-7-6-8-10-24)25(17-22)31-28(35)30-23-14-11-20(2)12-15-23/h11-17,21,24,36H,5-10,18-19H2,1-4H3,(H,33,34)(H2,30,31,35)/t21-/m0/s1. The minimum absolute atomic E-state index is 0.0286. The SMILES string of the molecule is CC[C@@H](CC(=O)O)c1ccc(N(CC(C)(C)O)C2CCCCC2)c(NC(=O)Nc2ccc(C)cc2)c1. The van der Waals surface area contributed by atoms with Gasteiger partial charge in [-0.15, -0.1) is 0 Å². The summed E-state index contributed by atoms with van der Waals surface area (Å²) in [6.07, 6.45) is 6.25. The molecule has 7 nitrogen and oxygen atoms in total. The highest BCUT2D eigenvalue weighted by Crippen LogP contribution is 2.37. The summed E-state index contributed by atoms with van der Waals surface area (Å²) in [7, 11) is 0. The van der Waals surface area contributed by atoms with Crippen molar-refractivity contribution in [3.63, 3.8) is 0 Å². The summed E-state index contributed by atoms with van der Waals surface area (Å²) in [5.74, 6) is -1.00. The first-order valence-electron chi connectivity index (χ1n) is 13.0. The number of anilines is 3. The van der Waals surface area contributed by atoms with Gasteiger partial charge < -0.3 is 25.7 Å². The number of carbonyl (C=O) groups excluding carboxylic acids is 1. The third-order valence-corrected chi connectivity index (χ3v) is 6.85. The van der Waals surface area contributed by atoms with Gasteiger partial charge in [-0.25, -0.2) is 4.79 Å². The lowest BCUT2D eigenvalue weighted by Crippen LogP contribution is -2.46. The van der Waals surface area contributed by atoms with Crippen LogP contribution in [0.15, 0.2) is 42.5 Å². The van der Waals surface area contributed by atoms with Gasteiger partial charge in [-0.1, -0.05) is 49.9 Å². The van der Waals surface area contributed by atoms with E-state index in [-0.39, 0.29) is 24.4 Å². The summed E-state index contributed by atoms with van der Waals surface area (Å²) in [5.41, 5.74) is 3.21. The monoisotopic (exact) mass is 495 g/mol. The van der Waals surface area contributed by atoms with E-state index in [4.69, 9.17) is 0 Å². The molecule has 3 rings (SSSR count). The quantitative estimate of drug-likeness (QED) is 0.301. The van der Waals surface area contributed by atoms with Crippen molar-refractivity contribution in [2.75, 3.05) is 22.1 Å². The lowest BCUT2D eigenvalue weighted by Gasteiger charge is -2.40. The molecule has 1 aliphatic rings. The van der Waals surface area contributed by atoms with Crippen LogP contribution in [0.25, 0.3) is 0 Å². The Morgan fingerprint density at radius 2 is 1.72 bits per heavy atom. The lowest BCUT2D eigenvalue weighted by molar-refractivity contribution is -0.137. The summed E-state index contributed by atoms with van der Waals surface area (Å²) < 4.78 is 0. The van der Waals surface area contributed by atoms with Crippen LogP contribution < -0.4 is 15.5 Å². The maximum absolute atomic E-state index is 13.0. The average Bonchev–Trinajstić information content (AvgIpc) is 2.82. The molecule has 0 aliphatic heterocycles. The zero-order chi connectivity index (χ0) is 26.3. The number of amides is 2. The molecule has 0 heterocycles. The first-order valence-corrected chi connectivity index (χ1v) is 13.0. The van der Waals surface area contributed by atoms with Crippen LogP contribution in [0.5, 0.6) is 0 Å². The van der Waals surface area contributed by atoms with Crippen LogP contribution in [-0.2, 0) is 4.79 Å². The topological polar surface area (TPSA) is 102 Å². The van der Waals surface area contributed by atoms with E-state index in [0.29, 0.717) is 24.3 Å². The molecule has 196 valence electrons. The van der Waals surface area contributed by atoms with Gasteiger partial charge in [0, 0.05) is 18.3 Å². The largest absolute Gasteiger partial charge is 0.481 e. The number of urea groups is 1. The van der Waals surface area contributed by atoms with Crippen molar-refractivity contribution < 1.29 is 19.8 Å². The Hall–Kier alpha value is -3.06. The lowest BCUT2D eigenvalue weighted by atomic mass is 9.90. The zero-order valence-corrected chi connectivity index (χ0v) is 22.0. The number of aryl methyl sites for hydroxylation is 1. The van der Waals surface area contributed by atoms with Gasteiger partial charge in [0.15, 0.2) is 0 Å². The smallest absolute Gasteiger partial charge is 0.323 e. The van der Waals surface area contributed by atoms with Crippen molar-refractivity contribution in [1.82, 2.24) is 0 Å². The van der Waals surface area contributed by atoms with Gasteiger partial charge in [-0.3, -0.25) is 4.79 Å². The molecule has 0 aromatic heterocycles. The van der Waals surface area contributed by atoms with E-state index in [1.165, 1.54) is 6.42 Å². The Morgan fingerprint density at radius 3 is 2.31 bits per heavy atom. The van der Waals surface area contributed by atoms with Gasteiger partial charge in [-0.05, 0) is 75.8 Å². The number of carboxylic acid groups (broad SMARTS) is 1. The fourth-order valence-corrected chi connectivity index (χ4v) is 5.01. The van der Waals surface area contributed by atoms with E-state index in [1.807, 2.05) is 56.3 Å². The van der Waals surface area contributed by atoms with Crippen molar-refractivity contribution >= 4 is 29.1 Å². The third kappa shape index (κ3) is 7.98. The van der Waals surface area contributed by atoms with Crippen molar-refractivity contribution in [3.8, 4) is 0 Å². The molecule has 2 aromatic rings. The predicted molar refractivity (Wildman–Crippen MR) is 146 cm³/mol. The minimum Gasteiger partial charge on any atom is -0.481 e. The molecule has 1 saturated carbocycles. The molecule has 1 atom stereocenters. The summed E-state index contributed by atoms with van der Waals surface area (Å²) >= 11 is 0. The molecule has 2 amide bonds. The highest BCUT2D eigenvalue weighted by atomic mass is 16.4. The minimum atomic E-state index is -0.924. The summed E-state index contributed by atoms with van der Waals surface area (Å²) in [5, 5.41) is 26.1. The second-order valence-electron chi connectivity index (χ2n) is 10.7. The number of aliphatic hydroxyl groups is 1. The fourth-order valence-electron chi connectivity index (χ4n) is 5.01. The Morgan fingerprint density at radius 1 is 1.06 bits per heavy atom. The van der Waals surface area contributed by atoms with E-state index in [1.54, 1.807) is 13.8 Å². The van der Waals surface area contributed by atoms with Crippen LogP contribution >= 0.6 is 0 Å². The van der Waals surface area contributed by atoms with E-state index in [2.05, 4.69) is 15.5 Å². The molecule has 0 spiro atoms. The molecule has 0 unspecified atom stereocenters. The molecule has 0 radical (unpaired) electrons. The molecule has 0 saturated heterocycles. The normalized spacial score (nSPS) is 15.2. The molecule has 0 bridgehead atoms. The number of hydrogen-bond donors (Lipinski definition) is 4. The van der Waals surface area contributed by atoms with Crippen molar-refractivity contribution in [3.05, 3.63) is 53.6 Å². The molecule has 1 aliphatic carbocycles. The Balaban J connectivity index is 1.99. The highest BCUT2D eigenvalue weighted by molar-refractivity contribution is 6.02. The summed E-state index contributed by atoms with van der Waals surface area (Å²) in [4.78, 5) is 26.7. The Bertz CT molecular complexity index is 1020. The number of nitrogens with zero attached hydrogens (tertiary/aromatic N) is 1. The zero-order valence-electron chi connectivity index (χ0n) is 22.0. The molecule has 7 heteroatoms. The average molecular weight is 496 g/mol. The number of hydrogen-bond acceptors (Lipinski definition) is 4. The second kappa shape index (κ2) is 12.3. The maximum atomic E-state index is 13.0. The molecule has 36 heavy (non-hydrogen) atoms. The van der Waals surface area contributed by atoms with E-state index in [0.717, 1.165) is 42.5 Å². The number of benzene rings is 2. The van der Waals surface area contributed by atoms with Crippen molar-refractivity contribution in [1.29, 1.82) is 0 Å². The number of nitrogens with one attached hydrogen (secondary N) is 2. The third-order valence-electron chi connectivity index (χ3n) is 6.85. The van der Waals surface area contributed by atoms with Crippen LogP contribution in [-0.4, -0.2) is 40.4 Å². The first kappa shape index (κ1) is 27.5.